The number of fused-ring (bicyclic) bond motifs is 3. The summed E-state index contributed by atoms with van der Waals surface area (Å²) >= 11 is 0. The molecule has 4 aliphatic rings. The van der Waals surface area contributed by atoms with Crippen molar-refractivity contribution in [2.75, 3.05) is 31.6 Å². The highest BCUT2D eigenvalue weighted by Crippen LogP contribution is 2.42. The number of aromatic hydroxyl groups is 1. The predicted octanol–water partition coefficient (Wildman–Crippen LogP) is 4.39. The van der Waals surface area contributed by atoms with Gasteiger partial charge >= 0.3 is 5.97 Å². The molecule has 0 saturated carbocycles. The summed E-state index contributed by atoms with van der Waals surface area (Å²) < 4.78 is 34.2. The second-order valence-corrected chi connectivity index (χ2v) is 15.9. The summed E-state index contributed by atoms with van der Waals surface area (Å²) in [5, 5.41) is 26.4. The summed E-state index contributed by atoms with van der Waals surface area (Å²) in [6.45, 7) is 0.649. The number of rotatable bonds is 13. The number of phenolic OH excluding ortho intramolecular Hbond substituents is 1. The number of carbonyl (C=O) groups is 5. The molecular weight excluding hydrogens is 757 g/mol. The van der Waals surface area contributed by atoms with Crippen LogP contribution in [0.4, 0.5) is 5.69 Å². The highest BCUT2D eigenvalue weighted by atomic mass is 32.2. The van der Waals surface area contributed by atoms with E-state index in [9.17, 15) is 47.4 Å². The Kier molecular flexibility index (Phi) is 10.7. The molecule has 294 valence electrons. The largest absolute Gasteiger partial charge is 0.508 e. The van der Waals surface area contributed by atoms with Gasteiger partial charge in [0.05, 0.1) is 21.7 Å². The van der Waals surface area contributed by atoms with Crippen molar-refractivity contribution in [2.45, 2.75) is 49.5 Å². The molecule has 1 saturated heterocycles. The van der Waals surface area contributed by atoms with E-state index in [2.05, 4.69) is 10.6 Å². The molecule has 1 atom stereocenters. The van der Waals surface area contributed by atoms with Crippen LogP contribution in [-0.4, -0.2) is 85.1 Å². The monoisotopic (exact) mass is 794 g/mol. The Hall–Kier alpha value is -6.39. The molecule has 0 unspecified atom stereocenters. The number of likely N-dealkylation sites (N-methyl/N-ethyl adjacent to an activating group) is 1. The highest BCUT2D eigenvalue weighted by Gasteiger charge is 2.39. The lowest BCUT2D eigenvalue weighted by atomic mass is 9.90. The fraction of sp³-hybridized carbons (Fsp3) is 0.268. The summed E-state index contributed by atoms with van der Waals surface area (Å²) in [4.78, 5) is 75.9. The van der Waals surface area contributed by atoms with Crippen LogP contribution >= 0.6 is 0 Å². The van der Waals surface area contributed by atoms with Gasteiger partial charge < -0.3 is 30.2 Å². The third-order valence-corrected chi connectivity index (χ3v) is 12.3. The van der Waals surface area contributed by atoms with Gasteiger partial charge in [-0.25, -0.2) is 13.2 Å². The van der Waals surface area contributed by atoms with Crippen LogP contribution in [0.15, 0.2) is 86.9 Å². The van der Waals surface area contributed by atoms with Crippen LogP contribution in [0.5, 0.6) is 5.75 Å². The number of hydrogen-bond donors (Lipinski definition) is 4. The van der Waals surface area contributed by atoms with E-state index in [0.717, 1.165) is 0 Å². The van der Waals surface area contributed by atoms with E-state index < -0.39 is 39.6 Å². The van der Waals surface area contributed by atoms with E-state index in [1.165, 1.54) is 76.9 Å². The maximum Gasteiger partial charge on any atom is 0.336 e. The molecule has 1 fully saturated rings. The van der Waals surface area contributed by atoms with E-state index in [0.29, 0.717) is 59.9 Å². The van der Waals surface area contributed by atoms with Crippen molar-refractivity contribution in [1.82, 2.24) is 14.9 Å². The van der Waals surface area contributed by atoms with Crippen LogP contribution in [0.25, 0.3) is 33.4 Å². The van der Waals surface area contributed by atoms with E-state index in [1.807, 2.05) is 0 Å². The fourth-order valence-corrected chi connectivity index (χ4v) is 9.15. The first-order valence-corrected chi connectivity index (χ1v) is 19.8. The number of carbonyl (C=O) groups excluding carboxylic acids is 4. The minimum atomic E-state index is -3.99. The Labute approximate surface area is 326 Å². The normalized spacial score (nSPS) is 15.7. The number of carboxylic acids is 1. The number of benzene rings is 4. The fourth-order valence-electron chi connectivity index (χ4n) is 7.43. The zero-order chi connectivity index (χ0) is 40.6. The number of carboxylic acid groups (broad SMARTS) is 1. The van der Waals surface area contributed by atoms with E-state index >= 15 is 0 Å². The Balaban J connectivity index is 0.909. The number of unbranched alkanes of at least 4 members (excludes halogenated alkanes) is 2. The molecule has 16 heteroatoms. The van der Waals surface area contributed by atoms with Gasteiger partial charge in [0.2, 0.25) is 15.9 Å². The number of Topliss-reactive ketones (excluding diaryl/α,β-unsaturated/α-hetero) is 1. The highest BCUT2D eigenvalue weighted by molar-refractivity contribution is 7.89. The summed E-state index contributed by atoms with van der Waals surface area (Å²) in [5.74, 6) is -3.35. The van der Waals surface area contributed by atoms with E-state index in [1.54, 1.807) is 12.1 Å². The Bertz CT molecular complexity index is 2620. The zero-order valence-electron chi connectivity index (χ0n) is 30.7. The zero-order valence-corrected chi connectivity index (χ0v) is 31.6. The Morgan fingerprint density at radius 3 is 2.46 bits per heavy atom. The molecule has 1 aliphatic carbocycles. The van der Waals surface area contributed by atoms with Crippen molar-refractivity contribution in [2.24, 2.45) is 0 Å². The topological polar surface area (TPSA) is 221 Å². The lowest BCUT2D eigenvalue weighted by Gasteiger charge is -2.24. The first-order chi connectivity index (χ1) is 27.2. The molecule has 3 heterocycles. The van der Waals surface area contributed by atoms with Crippen molar-refractivity contribution in [1.29, 1.82) is 0 Å². The van der Waals surface area contributed by atoms with Gasteiger partial charge in [0, 0.05) is 73.4 Å². The number of nitrogens with zero attached hydrogens (tertiary/aromatic N) is 2. The van der Waals surface area contributed by atoms with Crippen LogP contribution in [0.2, 0.25) is 0 Å². The van der Waals surface area contributed by atoms with Crippen molar-refractivity contribution >= 4 is 56.2 Å². The number of amides is 3. The number of nitrogens with one attached hydrogen (secondary N) is 2. The molecule has 3 aromatic carbocycles. The molecule has 0 spiro atoms. The van der Waals surface area contributed by atoms with Crippen LogP contribution in [0.3, 0.4) is 0 Å². The number of hydrogen-bond acceptors (Lipinski definition) is 10. The van der Waals surface area contributed by atoms with Gasteiger partial charge in [-0.2, -0.15) is 4.31 Å². The maximum atomic E-state index is 13.5. The van der Waals surface area contributed by atoms with Crippen molar-refractivity contribution < 1.29 is 47.0 Å². The van der Waals surface area contributed by atoms with Gasteiger partial charge in [0.15, 0.2) is 5.43 Å². The first kappa shape index (κ1) is 38.9. The SMILES string of the molecule is CN1C(=O)C(=O)c2cc(S(=O)(=O)N3CCC[C@H]3CNC(=O)CCCCCNC(=O)c3ccc(-c4c5ccc(=O)cc-5oc5cc(O)ccc45)c(C(=O)O)c3)ccc21. The summed E-state index contributed by atoms with van der Waals surface area (Å²) in [7, 11) is -2.54. The minimum absolute atomic E-state index is 0.0442. The number of sulfonamides is 1. The van der Waals surface area contributed by atoms with Gasteiger partial charge in [0.1, 0.15) is 17.1 Å². The number of ketones is 1. The van der Waals surface area contributed by atoms with E-state index in [4.69, 9.17) is 4.42 Å². The van der Waals surface area contributed by atoms with E-state index in [-0.39, 0.29) is 76.1 Å². The maximum absolute atomic E-state index is 13.5. The molecule has 3 aromatic rings. The smallest absolute Gasteiger partial charge is 0.336 e. The van der Waals surface area contributed by atoms with Crippen LogP contribution in [0, 0.1) is 0 Å². The van der Waals surface area contributed by atoms with Crippen molar-refractivity contribution in [3.8, 4) is 28.2 Å². The third-order valence-electron chi connectivity index (χ3n) is 10.4. The minimum Gasteiger partial charge on any atom is -0.508 e. The van der Waals surface area contributed by atoms with Crippen molar-refractivity contribution in [3.63, 3.8) is 0 Å². The average Bonchev–Trinajstić information content (AvgIpc) is 3.76. The van der Waals surface area contributed by atoms with Crippen LogP contribution < -0.4 is 21.0 Å². The average molecular weight is 795 g/mol. The Morgan fingerprint density at radius 2 is 1.67 bits per heavy atom. The standard InChI is InChI=1S/C41H38N4O11S/c1-44-33-15-11-27(21-32(33)38(49)40(44)51)57(54,55)45-17-5-6-24(45)22-43-36(48)7-3-2-4-16-42-39(50)23-8-12-28(31(18-23)41(52)53)37-29-13-9-25(46)19-34(29)56-35-20-26(47)10-14-30(35)37/h8-15,18-21,24,46H,2-7,16-17,22H2,1H3,(H,42,50)(H,43,48)(H,52,53)/t24-/m0/s1. The molecule has 4 N–H and O–H groups in total. The van der Waals surface area contributed by atoms with Gasteiger partial charge in [-0.15, -0.1) is 0 Å². The number of aromatic carboxylic acids is 1. The van der Waals surface area contributed by atoms with Gasteiger partial charge in [0.25, 0.3) is 17.6 Å². The molecule has 0 aromatic heterocycles. The second kappa shape index (κ2) is 15.6. The molecule has 15 nitrogen and oxygen atoms in total. The van der Waals surface area contributed by atoms with Gasteiger partial charge in [-0.3, -0.25) is 24.0 Å². The summed E-state index contributed by atoms with van der Waals surface area (Å²) in [6.07, 6.45) is 3.00. The molecule has 57 heavy (non-hydrogen) atoms. The van der Waals surface area contributed by atoms with Crippen LogP contribution in [0.1, 0.15) is 69.6 Å². The Morgan fingerprint density at radius 1 is 0.877 bits per heavy atom. The van der Waals surface area contributed by atoms with Crippen molar-refractivity contribution in [3.05, 3.63) is 99.7 Å². The lowest BCUT2D eigenvalue weighted by molar-refractivity contribution is -0.121. The number of phenols is 1. The van der Waals surface area contributed by atoms with Crippen LogP contribution in [-0.2, 0) is 19.6 Å². The quantitative estimate of drug-likeness (QED) is 0.0744. The van der Waals surface area contributed by atoms with Gasteiger partial charge in [-0.1, -0.05) is 12.5 Å². The third kappa shape index (κ3) is 7.60. The molecular formula is C41H38N4O11S. The molecule has 0 bridgehead atoms. The molecule has 7 rings (SSSR count). The molecule has 3 aliphatic heterocycles. The summed E-state index contributed by atoms with van der Waals surface area (Å²) in [6, 6.07) is 16.5. The predicted molar refractivity (Wildman–Crippen MR) is 208 cm³/mol. The second-order valence-electron chi connectivity index (χ2n) is 14.0. The molecule has 0 radical (unpaired) electrons. The summed E-state index contributed by atoms with van der Waals surface area (Å²) in [5.41, 5.74) is 1.54. The molecule has 3 amide bonds. The number of anilines is 1. The van der Waals surface area contributed by atoms with Gasteiger partial charge in [-0.05, 0) is 85.8 Å². The first-order valence-electron chi connectivity index (χ1n) is 18.3. The lowest BCUT2D eigenvalue weighted by Crippen LogP contribution is -2.43.